The van der Waals surface area contributed by atoms with Crippen LogP contribution in [0.25, 0.3) is 11.1 Å². The number of alkyl halides is 3. The molecule has 1 aliphatic heterocycles. The number of pyridine rings is 1. The van der Waals surface area contributed by atoms with Crippen LogP contribution in [0.5, 0.6) is 0 Å². The molecule has 1 amide bonds. The Morgan fingerprint density at radius 3 is 2.48 bits per heavy atom. The Morgan fingerprint density at radius 2 is 1.86 bits per heavy atom. The number of anilines is 2. The molecule has 0 bridgehead atoms. The monoisotopic (exact) mass is 421 g/mol. The molecule has 1 atom stereocenters. The number of halogens is 3. The molecule has 152 valence electrons. The van der Waals surface area contributed by atoms with Crippen molar-refractivity contribution < 1.29 is 18.0 Å². The van der Waals surface area contributed by atoms with Gasteiger partial charge in [0.05, 0.1) is 17.8 Å². The average Bonchev–Trinajstić information content (AvgIpc) is 3.10. The van der Waals surface area contributed by atoms with Gasteiger partial charge in [0.2, 0.25) is 0 Å². The molecule has 0 spiro atoms. The number of fused-ring (bicyclic) bond motifs is 1. The van der Waals surface area contributed by atoms with E-state index in [-0.39, 0.29) is 25.4 Å². The highest BCUT2D eigenvalue weighted by Crippen LogP contribution is 2.34. The summed E-state index contributed by atoms with van der Waals surface area (Å²) in [4.78, 5) is 18.6. The van der Waals surface area contributed by atoms with Crippen LogP contribution in [0.3, 0.4) is 0 Å². The van der Waals surface area contributed by atoms with E-state index in [9.17, 15) is 18.0 Å². The maximum absolute atomic E-state index is 13.2. The third-order valence-electron chi connectivity index (χ3n) is 4.71. The largest absolute Gasteiger partial charge is 0.416 e. The number of nitrogens with zero attached hydrogens (tertiary/aromatic N) is 4. The Morgan fingerprint density at radius 1 is 1.17 bits per heavy atom. The third-order valence-corrected chi connectivity index (χ3v) is 4.71. The molecule has 0 unspecified atom stereocenters. The lowest BCUT2D eigenvalue weighted by Crippen LogP contribution is -2.42. The molecular formula is C19H18F3N5OS. The van der Waals surface area contributed by atoms with Crippen LogP contribution in [0.15, 0.2) is 48.8 Å². The van der Waals surface area contributed by atoms with Gasteiger partial charge in [-0.2, -0.15) is 31.8 Å². The van der Waals surface area contributed by atoms with Gasteiger partial charge in [0, 0.05) is 24.0 Å². The fourth-order valence-corrected chi connectivity index (χ4v) is 3.34. The standard InChI is InChI=1S/C19H16F3N5O.H2S/c1-11-10-26(14-4-2-13(3-5-14)19(20,21)22)18(28)17-15(9-25-27(11)17)12-6-7-24-16(23)8-12;/h2-9,11H,10H2,1H3,(H2,23,24);1H2/t11-;/m0./s1. The second-order valence-electron chi connectivity index (χ2n) is 6.63. The smallest absolute Gasteiger partial charge is 0.384 e. The zero-order valence-corrected chi connectivity index (χ0v) is 16.3. The van der Waals surface area contributed by atoms with Gasteiger partial charge in [0.15, 0.2) is 0 Å². The van der Waals surface area contributed by atoms with Crippen molar-refractivity contribution in [3.8, 4) is 11.1 Å². The summed E-state index contributed by atoms with van der Waals surface area (Å²) in [7, 11) is 0. The number of nitrogens with two attached hydrogens (primary N) is 1. The maximum atomic E-state index is 13.2. The molecule has 0 aliphatic carbocycles. The van der Waals surface area contributed by atoms with Gasteiger partial charge in [-0.05, 0) is 48.9 Å². The molecule has 6 nitrogen and oxygen atoms in total. The SMILES string of the molecule is C[C@H]1CN(c2ccc(C(F)(F)F)cc2)C(=O)c2c(-c3ccnc(N)c3)cnn21.S. The number of aromatic nitrogens is 3. The van der Waals surface area contributed by atoms with Gasteiger partial charge in [-0.1, -0.05) is 0 Å². The highest BCUT2D eigenvalue weighted by Gasteiger charge is 2.35. The summed E-state index contributed by atoms with van der Waals surface area (Å²) in [6, 6.07) is 7.79. The number of benzene rings is 1. The van der Waals surface area contributed by atoms with E-state index in [1.807, 2.05) is 6.92 Å². The summed E-state index contributed by atoms with van der Waals surface area (Å²) >= 11 is 0. The number of hydrogen-bond donors (Lipinski definition) is 1. The first-order chi connectivity index (χ1) is 13.3. The normalized spacial score (nSPS) is 16.3. The minimum Gasteiger partial charge on any atom is -0.384 e. The number of amides is 1. The molecule has 0 saturated heterocycles. The molecule has 4 rings (SSSR count). The van der Waals surface area contributed by atoms with Gasteiger partial charge >= 0.3 is 6.18 Å². The lowest BCUT2D eigenvalue weighted by molar-refractivity contribution is -0.137. The second kappa shape index (κ2) is 7.43. The summed E-state index contributed by atoms with van der Waals surface area (Å²) < 4.78 is 40.1. The highest BCUT2D eigenvalue weighted by atomic mass is 32.1. The molecule has 10 heteroatoms. The van der Waals surface area contributed by atoms with Crippen molar-refractivity contribution in [2.45, 2.75) is 19.1 Å². The first kappa shape index (κ1) is 20.7. The molecule has 1 aromatic carbocycles. The summed E-state index contributed by atoms with van der Waals surface area (Å²) in [5.41, 5.74) is 7.05. The Kier molecular flexibility index (Phi) is 5.31. The molecule has 0 fully saturated rings. The van der Waals surface area contributed by atoms with Gasteiger partial charge in [-0.15, -0.1) is 0 Å². The highest BCUT2D eigenvalue weighted by molar-refractivity contribution is 7.59. The minimum atomic E-state index is -4.43. The van der Waals surface area contributed by atoms with Crippen molar-refractivity contribution >= 4 is 30.9 Å². The first-order valence-electron chi connectivity index (χ1n) is 8.54. The van der Waals surface area contributed by atoms with Crippen LogP contribution in [-0.4, -0.2) is 27.2 Å². The van der Waals surface area contributed by atoms with Crippen LogP contribution in [0.4, 0.5) is 24.7 Å². The lowest BCUT2D eigenvalue weighted by atomic mass is 10.0. The average molecular weight is 421 g/mol. The van der Waals surface area contributed by atoms with E-state index < -0.39 is 11.7 Å². The van der Waals surface area contributed by atoms with E-state index in [0.29, 0.717) is 34.9 Å². The second-order valence-corrected chi connectivity index (χ2v) is 6.63. The minimum absolute atomic E-state index is 0. The van der Waals surface area contributed by atoms with Gasteiger partial charge < -0.3 is 10.6 Å². The van der Waals surface area contributed by atoms with Gasteiger partial charge in [-0.25, -0.2) is 4.98 Å². The van der Waals surface area contributed by atoms with E-state index in [1.54, 1.807) is 29.2 Å². The van der Waals surface area contributed by atoms with E-state index in [1.165, 1.54) is 17.0 Å². The third kappa shape index (κ3) is 3.67. The number of hydrogen-bond acceptors (Lipinski definition) is 4. The zero-order valence-electron chi connectivity index (χ0n) is 15.3. The molecular weight excluding hydrogens is 403 g/mol. The Bertz CT molecular complexity index is 1050. The van der Waals surface area contributed by atoms with Gasteiger partial charge in [-0.3, -0.25) is 9.48 Å². The molecule has 2 aromatic heterocycles. The molecule has 1 aliphatic rings. The van der Waals surface area contributed by atoms with Crippen molar-refractivity contribution in [1.82, 2.24) is 14.8 Å². The predicted octanol–water partition coefficient (Wildman–Crippen LogP) is 3.88. The molecule has 3 heterocycles. The van der Waals surface area contributed by atoms with E-state index in [2.05, 4.69) is 10.1 Å². The number of nitrogen functional groups attached to an aromatic ring is 1. The van der Waals surface area contributed by atoms with Crippen LogP contribution in [-0.2, 0) is 6.18 Å². The molecule has 3 aromatic rings. The van der Waals surface area contributed by atoms with Crippen molar-refractivity contribution in [3.05, 3.63) is 60.0 Å². The molecule has 0 saturated carbocycles. The van der Waals surface area contributed by atoms with E-state index in [0.717, 1.165) is 12.1 Å². The van der Waals surface area contributed by atoms with Crippen molar-refractivity contribution in [3.63, 3.8) is 0 Å². The summed E-state index contributed by atoms with van der Waals surface area (Å²) in [5, 5.41) is 4.33. The topological polar surface area (TPSA) is 77.0 Å². The van der Waals surface area contributed by atoms with E-state index in [4.69, 9.17) is 5.73 Å². The fraction of sp³-hybridized carbons (Fsp3) is 0.211. The zero-order chi connectivity index (χ0) is 20.1. The Labute approximate surface area is 171 Å². The Hall–Kier alpha value is -3.01. The van der Waals surface area contributed by atoms with Crippen molar-refractivity contribution in [1.29, 1.82) is 0 Å². The van der Waals surface area contributed by atoms with Crippen molar-refractivity contribution in [2.75, 3.05) is 17.2 Å². The van der Waals surface area contributed by atoms with Crippen LogP contribution in [0.1, 0.15) is 29.0 Å². The van der Waals surface area contributed by atoms with Gasteiger partial charge in [0.25, 0.3) is 5.91 Å². The fourth-order valence-electron chi connectivity index (χ4n) is 3.34. The van der Waals surface area contributed by atoms with Crippen LogP contribution in [0.2, 0.25) is 0 Å². The number of rotatable bonds is 2. The van der Waals surface area contributed by atoms with Crippen LogP contribution in [0, 0.1) is 0 Å². The van der Waals surface area contributed by atoms with E-state index >= 15 is 0 Å². The first-order valence-corrected chi connectivity index (χ1v) is 8.54. The summed E-state index contributed by atoms with van der Waals surface area (Å²) in [6.45, 7) is 2.20. The van der Waals surface area contributed by atoms with Crippen LogP contribution < -0.4 is 10.6 Å². The quantitative estimate of drug-likeness (QED) is 0.681. The lowest BCUT2D eigenvalue weighted by Gasteiger charge is -2.32. The molecule has 0 radical (unpaired) electrons. The van der Waals surface area contributed by atoms with Gasteiger partial charge in [0.1, 0.15) is 11.5 Å². The van der Waals surface area contributed by atoms with Crippen molar-refractivity contribution in [2.24, 2.45) is 0 Å². The molecule has 2 N–H and O–H groups in total. The summed E-state index contributed by atoms with van der Waals surface area (Å²) in [5.74, 6) is -0.0194. The maximum Gasteiger partial charge on any atom is 0.416 e. The van der Waals surface area contributed by atoms with Crippen LogP contribution >= 0.6 is 13.5 Å². The molecule has 29 heavy (non-hydrogen) atoms. The number of carbonyl (C=O) groups is 1. The summed E-state index contributed by atoms with van der Waals surface area (Å²) in [6.07, 6.45) is -1.29. The number of carbonyl (C=O) groups excluding carboxylic acids is 1. The predicted molar refractivity (Wildman–Crippen MR) is 108 cm³/mol. The Balaban J connectivity index is 0.00000240.